The second kappa shape index (κ2) is 8.82. The van der Waals surface area contributed by atoms with Gasteiger partial charge in [-0.3, -0.25) is 9.59 Å². The van der Waals surface area contributed by atoms with Crippen LogP contribution in [0.15, 0.2) is 30.3 Å². The number of nitrogens with two attached hydrogens (primary N) is 1. The van der Waals surface area contributed by atoms with Gasteiger partial charge in [0.2, 0.25) is 5.91 Å². The fraction of sp³-hybridized carbons (Fsp3) is 0.429. The van der Waals surface area contributed by atoms with Crippen LogP contribution in [0.2, 0.25) is 0 Å². The maximum absolute atomic E-state index is 12.6. The number of para-hydroxylation sites is 1. The summed E-state index contributed by atoms with van der Waals surface area (Å²) in [6, 6.07) is 9.32. The first kappa shape index (κ1) is 19.8. The number of amides is 2. The Morgan fingerprint density at radius 3 is 2.50 bits per heavy atom. The van der Waals surface area contributed by atoms with E-state index in [1.807, 2.05) is 49.1 Å². The molecule has 1 aliphatic rings. The molecule has 1 aromatic heterocycles. The Morgan fingerprint density at radius 1 is 1.18 bits per heavy atom. The number of primary amides is 1. The summed E-state index contributed by atoms with van der Waals surface area (Å²) in [6.07, 6.45) is 1.97. The van der Waals surface area contributed by atoms with Gasteiger partial charge in [0.25, 0.3) is 5.91 Å². The third-order valence-corrected chi connectivity index (χ3v) is 5.03. The second-order valence-electron chi connectivity index (χ2n) is 7.15. The van der Waals surface area contributed by atoms with Crippen molar-refractivity contribution >= 4 is 11.8 Å². The van der Waals surface area contributed by atoms with E-state index in [2.05, 4.69) is 9.97 Å². The Labute approximate surface area is 164 Å². The van der Waals surface area contributed by atoms with E-state index < -0.39 is 5.91 Å². The maximum Gasteiger partial charge on any atom is 0.260 e. The SMILES string of the molecule is Cc1nc([C@H]2CCCN(C(=O)COc3ccccc3)C2)nc(C)c1CC(N)=O. The van der Waals surface area contributed by atoms with E-state index in [-0.39, 0.29) is 24.9 Å². The summed E-state index contributed by atoms with van der Waals surface area (Å²) in [5.74, 6) is 1.06. The van der Waals surface area contributed by atoms with Crippen molar-refractivity contribution in [1.29, 1.82) is 0 Å². The van der Waals surface area contributed by atoms with Crippen LogP contribution in [0.5, 0.6) is 5.75 Å². The summed E-state index contributed by atoms with van der Waals surface area (Å²) in [7, 11) is 0. The van der Waals surface area contributed by atoms with Crippen LogP contribution in [-0.4, -0.2) is 46.4 Å². The summed E-state index contributed by atoms with van der Waals surface area (Å²) in [5, 5.41) is 0. The predicted octanol–water partition coefficient (Wildman–Crippen LogP) is 1.91. The molecule has 1 aromatic carbocycles. The number of likely N-dealkylation sites (tertiary alicyclic amines) is 1. The molecule has 1 atom stereocenters. The number of benzene rings is 1. The molecule has 0 radical (unpaired) electrons. The molecule has 28 heavy (non-hydrogen) atoms. The Balaban J connectivity index is 1.66. The molecule has 2 aromatic rings. The Hall–Kier alpha value is -2.96. The predicted molar refractivity (Wildman–Crippen MR) is 105 cm³/mol. The average molecular weight is 382 g/mol. The molecule has 7 nitrogen and oxygen atoms in total. The Morgan fingerprint density at radius 2 is 1.86 bits per heavy atom. The summed E-state index contributed by atoms with van der Waals surface area (Å²) in [4.78, 5) is 34.9. The number of aromatic nitrogens is 2. The molecule has 148 valence electrons. The van der Waals surface area contributed by atoms with Crippen LogP contribution in [0.1, 0.15) is 41.5 Å². The lowest BCUT2D eigenvalue weighted by Gasteiger charge is -2.32. The fourth-order valence-corrected chi connectivity index (χ4v) is 3.55. The molecule has 7 heteroatoms. The van der Waals surface area contributed by atoms with Crippen LogP contribution in [-0.2, 0) is 16.0 Å². The lowest BCUT2D eigenvalue weighted by atomic mass is 9.96. The van der Waals surface area contributed by atoms with Crippen LogP contribution in [0, 0.1) is 13.8 Å². The topological polar surface area (TPSA) is 98.4 Å². The van der Waals surface area contributed by atoms with Crippen molar-refractivity contribution < 1.29 is 14.3 Å². The fourth-order valence-electron chi connectivity index (χ4n) is 3.55. The molecule has 0 bridgehead atoms. The molecule has 0 unspecified atom stereocenters. The number of carbonyl (C=O) groups is 2. The standard InChI is InChI=1S/C21H26N4O3/c1-14-18(11-19(22)26)15(2)24-21(23-14)16-7-6-10-25(12-16)20(27)13-28-17-8-4-3-5-9-17/h3-5,8-9,16H,6-7,10-13H2,1-2H3,(H2,22,26)/t16-/m0/s1. The third-order valence-electron chi connectivity index (χ3n) is 5.03. The zero-order valence-corrected chi connectivity index (χ0v) is 16.4. The third kappa shape index (κ3) is 4.85. The Bertz CT molecular complexity index is 831. The first-order valence-electron chi connectivity index (χ1n) is 9.52. The lowest BCUT2D eigenvalue weighted by Crippen LogP contribution is -2.42. The van der Waals surface area contributed by atoms with Gasteiger partial charge in [-0.2, -0.15) is 0 Å². The van der Waals surface area contributed by atoms with Gasteiger partial charge in [0.15, 0.2) is 6.61 Å². The molecule has 1 aliphatic heterocycles. The van der Waals surface area contributed by atoms with Crippen LogP contribution < -0.4 is 10.5 Å². The van der Waals surface area contributed by atoms with Crippen molar-refractivity contribution in [2.45, 2.75) is 39.0 Å². The number of carbonyl (C=O) groups excluding carboxylic acids is 2. The minimum atomic E-state index is -0.393. The molecule has 0 saturated carbocycles. The van der Waals surface area contributed by atoms with E-state index >= 15 is 0 Å². The summed E-state index contributed by atoms with van der Waals surface area (Å²) in [6.45, 7) is 5.05. The number of hydrogen-bond donors (Lipinski definition) is 1. The van der Waals surface area contributed by atoms with E-state index in [1.54, 1.807) is 0 Å². The van der Waals surface area contributed by atoms with Crippen LogP contribution in [0.25, 0.3) is 0 Å². The van der Waals surface area contributed by atoms with Gasteiger partial charge >= 0.3 is 0 Å². The average Bonchev–Trinajstić information content (AvgIpc) is 2.69. The van der Waals surface area contributed by atoms with E-state index in [1.165, 1.54) is 0 Å². The first-order chi connectivity index (χ1) is 13.4. The van der Waals surface area contributed by atoms with E-state index in [4.69, 9.17) is 10.5 Å². The zero-order valence-electron chi connectivity index (χ0n) is 16.4. The maximum atomic E-state index is 12.6. The van der Waals surface area contributed by atoms with Crippen molar-refractivity contribution in [3.63, 3.8) is 0 Å². The highest BCUT2D eigenvalue weighted by Gasteiger charge is 2.27. The lowest BCUT2D eigenvalue weighted by molar-refractivity contribution is -0.134. The highest BCUT2D eigenvalue weighted by Crippen LogP contribution is 2.26. The number of aryl methyl sites for hydroxylation is 2. The Kier molecular flexibility index (Phi) is 6.23. The van der Waals surface area contributed by atoms with E-state index in [0.29, 0.717) is 18.8 Å². The minimum absolute atomic E-state index is 0.0210. The number of hydrogen-bond acceptors (Lipinski definition) is 5. The smallest absolute Gasteiger partial charge is 0.260 e. The van der Waals surface area contributed by atoms with Crippen LogP contribution in [0.4, 0.5) is 0 Å². The van der Waals surface area contributed by atoms with Crippen LogP contribution in [0.3, 0.4) is 0 Å². The summed E-state index contributed by atoms with van der Waals surface area (Å²) in [5.41, 5.74) is 7.65. The van der Waals surface area contributed by atoms with Gasteiger partial charge in [0.05, 0.1) is 6.42 Å². The number of piperidine rings is 1. The molecule has 3 rings (SSSR count). The second-order valence-corrected chi connectivity index (χ2v) is 7.15. The van der Waals surface area contributed by atoms with Crippen molar-refractivity contribution in [2.75, 3.05) is 19.7 Å². The minimum Gasteiger partial charge on any atom is -0.484 e. The largest absolute Gasteiger partial charge is 0.484 e. The number of rotatable bonds is 6. The normalized spacial score (nSPS) is 16.6. The number of ether oxygens (including phenoxy) is 1. The van der Waals surface area contributed by atoms with Gasteiger partial charge in [-0.15, -0.1) is 0 Å². The highest BCUT2D eigenvalue weighted by molar-refractivity contribution is 5.78. The first-order valence-corrected chi connectivity index (χ1v) is 9.52. The van der Waals surface area contributed by atoms with Gasteiger partial charge in [-0.05, 0) is 38.8 Å². The molecular weight excluding hydrogens is 356 g/mol. The summed E-state index contributed by atoms with van der Waals surface area (Å²) >= 11 is 0. The van der Waals surface area contributed by atoms with Crippen LogP contribution >= 0.6 is 0 Å². The number of nitrogens with zero attached hydrogens (tertiary/aromatic N) is 3. The molecule has 2 N–H and O–H groups in total. The highest BCUT2D eigenvalue weighted by atomic mass is 16.5. The van der Waals surface area contributed by atoms with E-state index in [9.17, 15) is 9.59 Å². The van der Waals surface area contributed by atoms with Crippen molar-refractivity contribution in [3.05, 3.63) is 53.1 Å². The van der Waals surface area contributed by atoms with Gasteiger partial charge < -0.3 is 15.4 Å². The molecule has 0 spiro atoms. The molecule has 1 fully saturated rings. The van der Waals surface area contributed by atoms with Crippen molar-refractivity contribution in [1.82, 2.24) is 14.9 Å². The quantitative estimate of drug-likeness (QED) is 0.823. The molecule has 0 aliphatic carbocycles. The monoisotopic (exact) mass is 382 g/mol. The molecular formula is C21H26N4O3. The van der Waals surface area contributed by atoms with Gasteiger partial charge in [-0.25, -0.2) is 9.97 Å². The molecule has 1 saturated heterocycles. The van der Waals surface area contributed by atoms with Crippen molar-refractivity contribution in [3.8, 4) is 5.75 Å². The van der Waals surface area contributed by atoms with Gasteiger partial charge in [-0.1, -0.05) is 18.2 Å². The van der Waals surface area contributed by atoms with E-state index in [0.717, 1.165) is 35.6 Å². The van der Waals surface area contributed by atoms with Gasteiger partial charge in [0.1, 0.15) is 11.6 Å². The summed E-state index contributed by atoms with van der Waals surface area (Å²) < 4.78 is 5.59. The zero-order chi connectivity index (χ0) is 20.1. The van der Waals surface area contributed by atoms with Gasteiger partial charge in [0, 0.05) is 36.0 Å². The molecule has 2 heterocycles. The molecule has 2 amide bonds. The van der Waals surface area contributed by atoms with Crippen molar-refractivity contribution in [2.24, 2.45) is 5.73 Å².